The number of anilines is 1. The van der Waals surface area contributed by atoms with E-state index < -0.39 is 28.5 Å². The minimum absolute atomic E-state index is 0.0158. The van der Waals surface area contributed by atoms with Crippen molar-refractivity contribution in [2.24, 2.45) is 0 Å². The molecule has 1 fully saturated rings. The maximum Gasteiger partial charge on any atom is 0.264 e. The number of carbonyl (C=O) groups excluding carboxylic acids is 2. The van der Waals surface area contributed by atoms with Gasteiger partial charge in [0, 0.05) is 17.6 Å². The zero-order valence-corrected chi connectivity index (χ0v) is 24.5. The maximum atomic E-state index is 14.0. The van der Waals surface area contributed by atoms with Crippen LogP contribution in [0.25, 0.3) is 0 Å². The zero-order valence-electron chi connectivity index (χ0n) is 22.9. The van der Waals surface area contributed by atoms with Gasteiger partial charge in [0.25, 0.3) is 10.0 Å². The summed E-state index contributed by atoms with van der Waals surface area (Å²) >= 11 is 6.00. The van der Waals surface area contributed by atoms with E-state index in [4.69, 9.17) is 11.6 Å². The van der Waals surface area contributed by atoms with E-state index in [1.165, 1.54) is 29.2 Å². The van der Waals surface area contributed by atoms with Crippen LogP contribution in [0.4, 0.5) is 5.69 Å². The molecule has 3 aromatic carbocycles. The SMILES string of the molecule is Cc1ccccc1CN(C(=O)CN(c1ccccc1)S(=O)(=O)c1ccc(Cl)cc1)[C@@H](C)C(=O)NC1CCCCC1. The normalized spacial score (nSPS) is 14.8. The maximum absolute atomic E-state index is 14.0. The number of nitrogens with one attached hydrogen (secondary N) is 1. The lowest BCUT2D eigenvalue weighted by Gasteiger charge is -2.33. The van der Waals surface area contributed by atoms with Crippen molar-refractivity contribution in [3.05, 3.63) is 95.0 Å². The highest BCUT2D eigenvalue weighted by Crippen LogP contribution is 2.26. The molecular weight excluding hydrogens is 546 g/mol. The van der Waals surface area contributed by atoms with Crippen molar-refractivity contribution in [1.82, 2.24) is 10.2 Å². The summed E-state index contributed by atoms with van der Waals surface area (Å²) in [5.74, 6) is -0.711. The van der Waals surface area contributed by atoms with Gasteiger partial charge in [0.15, 0.2) is 0 Å². The van der Waals surface area contributed by atoms with Gasteiger partial charge in [-0.2, -0.15) is 0 Å². The first-order chi connectivity index (χ1) is 19.2. The Bertz CT molecular complexity index is 1410. The number of benzene rings is 3. The minimum Gasteiger partial charge on any atom is -0.352 e. The summed E-state index contributed by atoms with van der Waals surface area (Å²) in [6.45, 7) is 3.36. The van der Waals surface area contributed by atoms with Gasteiger partial charge in [0.2, 0.25) is 11.8 Å². The van der Waals surface area contributed by atoms with Crippen molar-refractivity contribution in [3.8, 4) is 0 Å². The highest BCUT2D eigenvalue weighted by Gasteiger charge is 2.33. The third-order valence-corrected chi connectivity index (χ3v) is 9.49. The number of rotatable bonds is 10. The van der Waals surface area contributed by atoms with Crippen LogP contribution < -0.4 is 9.62 Å². The van der Waals surface area contributed by atoms with Gasteiger partial charge in [0.05, 0.1) is 10.6 Å². The number of nitrogens with zero attached hydrogens (tertiary/aromatic N) is 2. The molecule has 0 aliphatic heterocycles. The van der Waals surface area contributed by atoms with E-state index in [2.05, 4.69) is 5.32 Å². The molecule has 0 heterocycles. The molecule has 0 radical (unpaired) electrons. The van der Waals surface area contributed by atoms with E-state index >= 15 is 0 Å². The molecule has 40 heavy (non-hydrogen) atoms. The number of sulfonamides is 1. The lowest BCUT2D eigenvalue weighted by molar-refractivity contribution is -0.139. The van der Waals surface area contributed by atoms with Gasteiger partial charge in [-0.05, 0) is 74.2 Å². The number of aryl methyl sites for hydroxylation is 1. The van der Waals surface area contributed by atoms with Gasteiger partial charge in [-0.3, -0.25) is 13.9 Å². The second-order valence-corrected chi connectivity index (χ2v) is 12.6. The van der Waals surface area contributed by atoms with Crippen LogP contribution in [0.2, 0.25) is 5.02 Å². The molecule has 1 atom stereocenters. The molecule has 0 saturated heterocycles. The molecule has 4 rings (SSSR count). The number of hydrogen-bond acceptors (Lipinski definition) is 4. The smallest absolute Gasteiger partial charge is 0.264 e. The number of halogens is 1. The largest absolute Gasteiger partial charge is 0.352 e. The summed E-state index contributed by atoms with van der Waals surface area (Å²) in [5, 5.41) is 3.53. The van der Waals surface area contributed by atoms with Crippen LogP contribution in [0.15, 0.2) is 83.8 Å². The van der Waals surface area contributed by atoms with Crippen LogP contribution in [0.3, 0.4) is 0 Å². The molecule has 9 heteroatoms. The number of carbonyl (C=O) groups is 2. The molecule has 1 saturated carbocycles. The third-order valence-electron chi connectivity index (χ3n) is 7.45. The molecule has 3 aromatic rings. The van der Waals surface area contributed by atoms with Gasteiger partial charge < -0.3 is 10.2 Å². The molecule has 0 spiro atoms. The second-order valence-electron chi connectivity index (χ2n) is 10.3. The summed E-state index contributed by atoms with van der Waals surface area (Å²) in [4.78, 5) is 28.9. The first kappa shape index (κ1) is 29.6. The Kier molecular flexibility index (Phi) is 9.87. The molecule has 1 aliphatic carbocycles. The van der Waals surface area contributed by atoms with Crippen molar-refractivity contribution in [2.45, 2.75) is 69.5 Å². The predicted molar refractivity (Wildman–Crippen MR) is 159 cm³/mol. The van der Waals surface area contributed by atoms with E-state index in [0.717, 1.165) is 47.5 Å². The fourth-order valence-corrected chi connectivity index (χ4v) is 6.52. The molecule has 212 valence electrons. The van der Waals surface area contributed by atoms with Crippen molar-refractivity contribution in [2.75, 3.05) is 10.8 Å². The van der Waals surface area contributed by atoms with Gasteiger partial charge in [-0.1, -0.05) is 73.3 Å². The van der Waals surface area contributed by atoms with Crippen molar-refractivity contribution in [1.29, 1.82) is 0 Å². The Morgan fingerprint density at radius 3 is 2.20 bits per heavy atom. The van der Waals surface area contributed by atoms with Gasteiger partial charge in [0.1, 0.15) is 12.6 Å². The zero-order chi connectivity index (χ0) is 28.7. The standard InChI is InChI=1S/C31H36ClN3O4S/c1-23-11-9-10-12-25(23)21-34(24(2)31(37)33-27-13-5-3-6-14-27)30(36)22-35(28-15-7-4-8-16-28)40(38,39)29-19-17-26(32)18-20-29/h4,7-12,15-20,24,27H,3,5-6,13-14,21-22H2,1-2H3,(H,33,37)/t24-/m0/s1. The van der Waals surface area contributed by atoms with E-state index in [1.807, 2.05) is 31.2 Å². The monoisotopic (exact) mass is 581 g/mol. The Labute approximate surface area is 242 Å². The summed E-state index contributed by atoms with van der Waals surface area (Å²) in [5.41, 5.74) is 2.22. The van der Waals surface area contributed by atoms with Crippen LogP contribution in [-0.2, 0) is 26.2 Å². The fraction of sp³-hybridized carbons (Fsp3) is 0.355. The van der Waals surface area contributed by atoms with Gasteiger partial charge in [-0.25, -0.2) is 8.42 Å². The molecular formula is C31H36ClN3O4S. The quantitative estimate of drug-likeness (QED) is 0.332. The molecule has 0 aromatic heterocycles. The average Bonchev–Trinajstić information content (AvgIpc) is 2.96. The van der Waals surface area contributed by atoms with Crippen molar-refractivity contribution < 1.29 is 18.0 Å². The minimum atomic E-state index is -4.12. The lowest BCUT2D eigenvalue weighted by Crippen LogP contribution is -2.53. The van der Waals surface area contributed by atoms with Crippen LogP contribution in [0, 0.1) is 6.92 Å². The summed E-state index contributed by atoms with van der Waals surface area (Å²) in [6.07, 6.45) is 5.15. The van der Waals surface area contributed by atoms with Crippen LogP contribution >= 0.6 is 11.6 Å². The van der Waals surface area contributed by atoms with Crippen molar-refractivity contribution in [3.63, 3.8) is 0 Å². The molecule has 0 unspecified atom stereocenters. The summed E-state index contributed by atoms with van der Waals surface area (Å²) < 4.78 is 28.7. The third kappa shape index (κ3) is 7.23. The average molecular weight is 582 g/mol. The van der Waals surface area contributed by atoms with E-state index in [1.54, 1.807) is 37.3 Å². The highest BCUT2D eigenvalue weighted by molar-refractivity contribution is 7.92. The summed E-state index contributed by atoms with van der Waals surface area (Å²) in [7, 11) is -4.12. The summed E-state index contributed by atoms with van der Waals surface area (Å²) in [6, 6.07) is 21.3. The first-order valence-electron chi connectivity index (χ1n) is 13.6. The number of amides is 2. The Morgan fingerprint density at radius 1 is 0.925 bits per heavy atom. The Hall–Kier alpha value is -3.36. The second kappa shape index (κ2) is 13.3. The molecule has 2 amide bonds. The van der Waals surface area contributed by atoms with Crippen LogP contribution in [-0.4, -0.2) is 43.8 Å². The van der Waals surface area contributed by atoms with E-state index in [0.29, 0.717) is 10.7 Å². The van der Waals surface area contributed by atoms with E-state index in [9.17, 15) is 18.0 Å². The molecule has 0 bridgehead atoms. The Morgan fingerprint density at radius 2 is 1.55 bits per heavy atom. The molecule has 1 aliphatic rings. The van der Waals surface area contributed by atoms with E-state index in [-0.39, 0.29) is 23.4 Å². The Balaban J connectivity index is 1.66. The topological polar surface area (TPSA) is 86.8 Å². The predicted octanol–water partition coefficient (Wildman–Crippen LogP) is 5.71. The number of hydrogen-bond donors (Lipinski definition) is 1. The van der Waals surface area contributed by atoms with Gasteiger partial charge >= 0.3 is 0 Å². The van der Waals surface area contributed by atoms with Crippen LogP contribution in [0.1, 0.15) is 50.2 Å². The van der Waals surface area contributed by atoms with Gasteiger partial charge in [-0.15, -0.1) is 0 Å². The van der Waals surface area contributed by atoms with Crippen LogP contribution in [0.5, 0.6) is 0 Å². The molecule has 1 N–H and O–H groups in total. The molecule has 7 nitrogen and oxygen atoms in total. The number of para-hydroxylation sites is 1. The highest BCUT2D eigenvalue weighted by atomic mass is 35.5. The lowest BCUT2D eigenvalue weighted by atomic mass is 9.95. The van der Waals surface area contributed by atoms with Crippen molar-refractivity contribution >= 4 is 39.1 Å². The first-order valence-corrected chi connectivity index (χ1v) is 15.5. The fourth-order valence-electron chi connectivity index (χ4n) is 4.98.